The van der Waals surface area contributed by atoms with Gasteiger partial charge in [0.15, 0.2) is 23.1 Å². The Labute approximate surface area is 162 Å². The van der Waals surface area contributed by atoms with Crippen molar-refractivity contribution in [3.05, 3.63) is 52.8 Å². The van der Waals surface area contributed by atoms with Gasteiger partial charge >= 0.3 is 6.29 Å². The van der Waals surface area contributed by atoms with Crippen LogP contribution in [0.15, 0.2) is 34.9 Å². The van der Waals surface area contributed by atoms with Gasteiger partial charge in [-0.2, -0.15) is 0 Å². The van der Waals surface area contributed by atoms with E-state index in [1.54, 1.807) is 26.0 Å². The normalized spacial score (nSPS) is 14.2. The summed E-state index contributed by atoms with van der Waals surface area (Å²) in [6, 6.07) is 5.77. The summed E-state index contributed by atoms with van der Waals surface area (Å²) in [5.41, 5.74) is 1.14. The molecule has 0 aliphatic carbocycles. The van der Waals surface area contributed by atoms with Crippen molar-refractivity contribution < 1.29 is 27.5 Å². The number of oxazole rings is 1. The molecule has 0 saturated heterocycles. The molecule has 28 heavy (non-hydrogen) atoms. The van der Waals surface area contributed by atoms with E-state index in [2.05, 4.69) is 24.8 Å². The molecule has 4 rings (SSSR count). The Bertz CT molecular complexity index is 1080. The van der Waals surface area contributed by atoms with Gasteiger partial charge in [0, 0.05) is 30.3 Å². The smallest absolute Gasteiger partial charge is 0.445 e. The Morgan fingerprint density at radius 3 is 2.50 bits per heavy atom. The quantitative estimate of drug-likeness (QED) is 0.683. The van der Waals surface area contributed by atoms with Crippen molar-refractivity contribution in [2.75, 3.05) is 5.32 Å². The number of carbonyl (C=O) groups is 1. The summed E-state index contributed by atoms with van der Waals surface area (Å²) in [7, 11) is 0. The largest absolute Gasteiger partial charge is 0.586 e. The van der Waals surface area contributed by atoms with Crippen LogP contribution in [0.5, 0.6) is 11.5 Å². The second-order valence-electron chi connectivity index (χ2n) is 5.97. The molecule has 1 N–H and O–H groups in total. The van der Waals surface area contributed by atoms with Gasteiger partial charge in [0.05, 0.1) is 5.02 Å². The van der Waals surface area contributed by atoms with Crippen molar-refractivity contribution in [3.63, 3.8) is 0 Å². The summed E-state index contributed by atoms with van der Waals surface area (Å²) >= 11 is 6.16. The van der Waals surface area contributed by atoms with Crippen LogP contribution >= 0.6 is 11.6 Å². The number of rotatable bonds is 3. The number of alkyl halides is 2. The van der Waals surface area contributed by atoms with E-state index in [4.69, 9.17) is 16.0 Å². The summed E-state index contributed by atoms with van der Waals surface area (Å²) in [5, 5.41) is 2.80. The molecule has 2 aromatic heterocycles. The van der Waals surface area contributed by atoms with Gasteiger partial charge < -0.3 is 19.2 Å². The predicted molar refractivity (Wildman–Crippen MR) is 94.8 cm³/mol. The molecule has 1 amide bonds. The Hall–Kier alpha value is -3.20. The Morgan fingerprint density at radius 1 is 1.18 bits per heavy atom. The number of fused-ring (bicyclic) bond motifs is 1. The zero-order valence-corrected chi connectivity index (χ0v) is 15.3. The number of hydrogen-bond acceptors (Lipinski definition) is 6. The predicted octanol–water partition coefficient (Wildman–Crippen LogP) is 4.58. The first-order chi connectivity index (χ1) is 13.2. The second-order valence-corrected chi connectivity index (χ2v) is 6.38. The molecule has 1 aromatic carbocycles. The topological polar surface area (TPSA) is 86.5 Å². The maximum Gasteiger partial charge on any atom is 0.586 e. The summed E-state index contributed by atoms with van der Waals surface area (Å²) < 4.78 is 40.4. The number of anilines is 1. The summed E-state index contributed by atoms with van der Waals surface area (Å²) in [6.07, 6.45) is -2.29. The van der Waals surface area contributed by atoms with Gasteiger partial charge in [-0.1, -0.05) is 11.6 Å². The van der Waals surface area contributed by atoms with E-state index >= 15 is 0 Å². The third kappa shape index (κ3) is 3.36. The lowest BCUT2D eigenvalue weighted by molar-refractivity contribution is -0.286. The van der Waals surface area contributed by atoms with Crippen LogP contribution in [-0.2, 0) is 0 Å². The molecule has 3 heterocycles. The van der Waals surface area contributed by atoms with Gasteiger partial charge in [-0.15, -0.1) is 8.78 Å². The fourth-order valence-corrected chi connectivity index (χ4v) is 3.00. The van der Waals surface area contributed by atoms with Gasteiger partial charge in [0.1, 0.15) is 11.6 Å². The maximum atomic E-state index is 13.2. The number of benzene rings is 1. The minimum absolute atomic E-state index is 0.126. The fraction of sp³-hybridized carbons (Fsp3) is 0.167. The number of amides is 1. The highest BCUT2D eigenvalue weighted by Gasteiger charge is 2.43. The van der Waals surface area contributed by atoms with Crippen LogP contribution in [0.3, 0.4) is 0 Å². The van der Waals surface area contributed by atoms with Crippen molar-refractivity contribution in [2.45, 2.75) is 20.1 Å². The number of pyridine rings is 1. The SMILES string of the molecule is Cc1nc(C(=O)Nc2ccc(-c3cc4c(cc3Cl)OC(F)(F)O4)cn2)c(C)o1. The molecule has 7 nitrogen and oxygen atoms in total. The first kappa shape index (κ1) is 18.2. The highest BCUT2D eigenvalue weighted by atomic mass is 35.5. The zero-order chi connectivity index (χ0) is 20.1. The molecule has 0 saturated carbocycles. The van der Waals surface area contributed by atoms with Crippen LogP contribution in [0.25, 0.3) is 11.1 Å². The highest BCUT2D eigenvalue weighted by Crippen LogP contribution is 2.45. The van der Waals surface area contributed by atoms with Crippen molar-refractivity contribution in [3.8, 4) is 22.6 Å². The third-order valence-corrected chi connectivity index (χ3v) is 4.24. The minimum atomic E-state index is -3.73. The fourth-order valence-electron chi connectivity index (χ4n) is 2.73. The average molecular weight is 408 g/mol. The second kappa shape index (κ2) is 6.45. The van der Waals surface area contributed by atoms with Crippen LogP contribution < -0.4 is 14.8 Å². The van der Waals surface area contributed by atoms with E-state index in [0.717, 1.165) is 0 Å². The molecule has 1 aliphatic heterocycles. The minimum Gasteiger partial charge on any atom is -0.445 e. The number of aryl methyl sites for hydroxylation is 2. The molecule has 0 radical (unpaired) electrons. The molecule has 0 atom stereocenters. The molecule has 0 bridgehead atoms. The standard InChI is InChI=1S/C18H12ClF2N3O4/c1-8-16(23-9(2)26-8)17(25)24-15-4-3-10(7-22-15)11-5-13-14(6-12(11)19)28-18(20,21)27-13/h3-7H,1-2H3,(H,22,24,25). The monoisotopic (exact) mass is 407 g/mol. The number of hydrogen-bond donors (Lipinski definition) is 1. The number of halogens is 3. The highest BCUT2D eigenvalue weighted by molar-refractivity contribution is 6.33. The van der Waals surface area contributed by atoms with Crippen LogP contribution in [0.4, 0.5) is 14.6 Å². The molecule has 0 fully saturated rings. The average Bonchev–Trinajstić information content (AvgIpc) is 3.11. The zero-order valence-electron chi connectivity index (χ0n) is 14.5. The first-order valence-corrected chi connectivity index (χ1v) is 8.41. The van der Waals surface area contributed by atoms with Crippen LogP contribution in [0.2, 0.25) is 5.02 Å². The number of aromatic nitrogens is 2. The van der Waals surface area contributed by atoms with E-state index in [-0.39, 0.29) is 28.0 Å². The summed E-state index contributed by atoms with van der Waals surface area (Å²) in [5.74, 6) is 0.326. The van der Waals surface area contributed by atoms with E-state index in [9.17, 15) is 13.6 Å². The third-order valence-electron chi connectivity index (χ3n) is 3.93. The maximum absolute atomic E-state index is 13.2. The van der Waals surface area contributed by atoms with E-state index in [1.807, 2.05) is 0 Å². The molecule has 0 unspecified atom stereocenters. The van der Waals surface area contributed by atoms with Gasteiger partial charge in [-0.05, 0) is 25.1 Å². The van der Waals surface area contributed by atoms with Gasteiger partial charge in [0.2, 0.25) is 0 Å². The van der Waals surface area contributed by atoms with E-state index < -0.39 is 12.2 Å². The number of ether oxygens (including phenoxy) is 2. The van der Waals surface area contributed by atoms with Gasteiger partial charge in [-0.3, -0.25) is 4.79 Å². The number of nitrogens with zero attached hydrogens (tertiary/aromatic N) is 2. The summed E-state index contributed by atoms with van der Waals surface area (Å²) in [6.45, 7) is 3.28. The molecule has 3 aromatic rings. The molecule has 10 heteroatoms. The van der Waals surface area contributed by atoms with Crippen LogP contribution in [0, 0.1) is 13.8 Å². The lowest BCUT2D eigenvalue weighted by Gasteiger charge is -2.07. The molecule has 0 spiro atoms. The van der Waals surface area contributed by atoms with Gasteiger partial charge in [-0.25, -0.2) is 9.97 Å². The molecule has 144 valence electrons. The molecular formula is C18H12ClF2N3O4. The Morgan fingerprint density at radius 2 is 1.89 bits per heavy atom. The van der Waals surface area contributed by atoms with Crippen LogP contribution in [0.1, 0.15) is 22.1 Å². The summed E-state index contributed by atoms with van der Waals surface area (Å²) in [4.78, 5) is 20.4. The Balaban J connectivity index is 1.56. The van der Waals surface area contributed by atoms with Gasteiger partial charge in [0.25, 0.3) is 5.91 Å². The van der Waals surface area contributed by atoms with E-state index in [1.165, 1.54) is 18.3 Å². The first-order valence-electron chi connectivity index (χ1n) is 8.03. The van der Waals surface area contributed by atoms with Crippen molar-refractivity contribution in [2.24, 2.45) is 0 Å². The molecule has 1 aliphatic rings. The van der Waals surface area contributed by atoms with E-state index in [0.29, 0.717) is 22.8 Å². The van der Waals surface area contributed by atoms with Crippen LogP contribution in [-0.4, -0.2) is 22.2 Å². The van der Waals surface area contributed by atoms with Crippen molar-refractivity contribution in [1.82, 2.24) is 9.97 Å². The lowest BCUT2D eigenvalue weighted by atomic mass is 10.1. The van der Waals surface area contributed by atoms with Crippen molar-refractivity contribution in [1.29, 1.82) is 0 Å². The number of nitrogens with one attached hydrogen (secondary N) is 1. The van der Waals surface area contributed by atoms with Crippen molar-refractivity contribution >= 4 is 23.3 Å². The Kier molecular flexibility index (Phi) is 4.19. The number of carbonyl (C=O) groups excluding carboxylic acids is 1. The molecular weight excluding hydrogens is 396 g/mol. The lowest BCUT2D eigenvalue weighted by Crippen LogP contribution is -2.25.